The fraction of sp³-hybridized carbons (Fsp3) is 0.0182. The average molecular weight is 757 g/mol. The quantitative estimate of drug-likeness (QED) is 0.139. The second-order valence-corrected chi connectivity index (χ2v) is 14.7. The van der Waals surface area contributed by atoms with E-state index < -0.39 is 0 Å². The zero-order valence-electron chi connectivity index (χ0n) is 32.4. The van der Waals surface area contributed by atoms with Gasteiger partial charge in [-0.05, 0) is 51.9 Å². The molecule has 0 bridgehead atoms. The van der Waals surface area contributed by atoms with Gasteiger partial charge in [-0.15, -0.1) is 0 Å². The van der Waals surface area contributed by atoms with Gasteiger partial charge in [0.2, 0.25) is 0 Å². The number of hydrogen-bond donors (Lipinski definition) is 0. The van der Waals surface area contributed by atoms with Gasteiger partial charge in [0, 0.05) is 58.2 Å². The summed E-state index contributed by atoms with van der Waals surface area (Å²) in [5.74, 6) is 1.80. The van der Waals surface area contributed by atoms with E-state index in [4.69, 9.17) is 9.97 Å². The third-order valence-corrected chi connectivity index (χ3v) is 11.0. The molecule has 0 aliphatic carbocycles. The van der Waals surface area contributed by atoms with Crippen molar-refractivity contribution in [1.82, 2.24) is 19.1 Å². The topological polar surface area (TPSA) is 35.6 Å². The number of imidazole rings is 2. The Balaban J connectivity index is 1.02. The number of rotatable bonds is 10. The Hall–Kier alpha value is -7.82. The van der Waals surface area contributed by atoms with Crippen molar-refractivity contribution >= 4 is 0 Å². The molecule has 2 aromatic heterocycles. The van der Waals surface area contributed by atoms with Gasteiger partial charge >= 0.3 is 0 Å². The van der Waals surface area contributed by atoms with E-state index in [-0.39, 0.29) is 0 Å². The predicted molar refractivity (Wildman–Crippen MR) is 243 cm³/mol. The summed E-state index contributed by atoms with van der Waals surface area (Å²) in [6.07, 6.45) is 8.74. The maximum absolute atomic E-state index is 4.98. The Labute approximate surface area is 345 Å². The molecule has 0 saturated carbocycles. The number of nitrogens with zero attached hydrogens (tertiary/aromatic N) is 4. The van der Waals surface area contributed by atoms with Crippen LogP contribution in [0.5, 0.6) is 0 Å². The standard InChI is InChI=1S/C55H40N4/c1-5-19-42(20-6-1)48-29-15-30-49(43-21-7-2-8-22-43)52(48)58-35-33-56-54(58)46-27-13-17-40(38-46)37-41-18-14-28-47(39-41)55-57-34-36-59(55)53-50(44-23-9-3-10-24-44)31-16-32-51(53)45-25-11-4-12-26-45/h1-36,38-39H,37H2. The lowest BCUT2D eigenvalue weighted by atomic mass is 9.95. The molecule has 0 N–H and O–H groups in total. The van der Waals surface area contributed by atoms with Gasteiger partial charge in [0.05, 0.1) is 11.4 Å². The lowest BCUT2D eigenvalue weighted by molar-refractivity contribution is 1.07. The van der Waals surface area contributed by atoms with Crippen LogP contribution < -0.4 is 0 Å². The van der Waals surface area contributed by atoms with Crippen LogP contribution in [-0.2, 0) is 6.42 Å². The zero-order chi connectivity index (χ0) is 39.4. The Kier molecular flexibility index (Phi) is 9.63. The van der Waals surface area contributed by atoms with E-state index in [1.807, 2.05) is 12.4 Å². The van der Waals surface area contributed by atoms with E-state index in [0.29, 0.717) is 0 Å². The molecule has 0 fully saturated rings. The lowest BCUT2D eigenvalue weighted by Crippen LogP contribution is -2.03. The van der Waals surface area contributed by atoms with Gasteiger partial charge in [-0.1, -0.05) is 194 Å². The van der Waals surface area contributed by atoms with Crippen molar-refractivity contribution in [2.45, 2.75) is 6.42 Å². The molecule has 0 spiro atoms. The summed E-state index contributed by atoms with van der Waals surface area (Å²) in [7, 11) is 0. The zero-order valence-corrected chi connectivity index (χ0v) is 32.4. The highest BCUT2D eigenvalue weighted by atomic mass is 15.1. The van der Waals surface area contributed by atoms with E-state index in [1.165, 1.54) is 11.1 Å². The van der Waals surface area contributed by atoms with Crippen LogP contribution >= 0.6 is 0 Å². The van der Waals surface area contributed by atoms with Crippen LogP contribution in [0.25, 0.3) is 78.7 Å². The first-order valence-electron chi connectivity index (χ1n) is 20.0. The fourth-order valence-corrected chi connectivity index (χ4v) is 8.28. The monoisotopic (exact) mass is 756 g/mol. The number of hydrogen-bond acceptors (Lipinski definition) is 2. The summed E-state index contributed by atoms with van der Waals surface area (Å²) in [5.41, 5.74) is 16.0. The normalized spacial score (nSPS) is 11.1. The highest BCUT2D eigenvalue weighted by Gasteiger charge is 2.20. The van der Waals surface area contributed by atoms with Crippen molar-refractivity contribution in [3.05, 3.63) is 242 Å². The predicted octanol–water partition coefficient (Wildman–Crippen LogP) is 13.7. The summed E-state index contributed by atoms with van der Waals surface area (Å²) in [6, 6.07) is 73.2. The van der Waals surface area contributed by atoms with Crippen LogP contribution in [0.4, 0.5) is 0 Å². The van der Waals surface area contributed by atoms with E-state index in [0.717, 1.165) is 85.1 Å². The van der Waals surface area contributed by atoms with Gasteiger partial charge in [0.25, 0.3) is 0 Å². The molecular formula is C55H40N4. The molecule has 0 unspecified atom stereocenters. The van der Waals surface area contributed by atoms with Crippen molar-refractivity contribution in [3.63, 3.8) is 0 Å². The van der Waals surface area contributed by atoms with Crippen molar-refractivity contribution in [2.75, 3.05) is 0 Å². The van der Waals surface area contributed by atoms with Crippen LogP contribution in [0.1, 0.15) is 11.1 Å². The molecule has 10 rings (SSSR count). The molecule has 10 aromatic rings. The second-order valence-electron chi connectivity index (χ2n) is 14.7. The molecule has 8 aromatic carbocycles. The third-order valence-electron chi connectivity index (χ3n) is 11.0. The molecule has 4 nitrogen and oxygen atoms in total. The molecule has 2 heterocycles. The van der Waals surface area contributed by atoms with Gasteiger partial charge < -0.3 is 0 Å². The summed E-state index contributed by atoms with van der Waals surface area (Å²) >= 11 is 0. The first-order valence-corrected chi connectivity index (χ1v) is 20.0. The minimum atomic E-state index is 0.759. The third kappa shape index (κ3) is 7.09. The Morgan fingerprint density at radius 3 is 0.949 bits per heavy atom. The fourth-order valence-electron chi connectivity index (χ4n) is 8.28. The molecular weight excluding hydrogens is 717 g/mol. The highest BCUT2D eigenvalue weighted by molar-refractivity contribution is 5.88. The molecule has 0 aliphatic heterocycles. The van der Waals surface area contributed by atoms with E-state index >= 15 is 0 Å². The van der Waals surface area contributed by atoms with Crippen LogP contribution in [0.15, 0.2) is 231 Å². The molecule has 0 radical (unpaired) electrons. The van der Waals surface area contributed by atoms with Gasteiger partial charge in [-0.25, -0.2) is 9.97 Å². The maximum Gasteiger partial charge on any atom is 0.144 e. The Morgan fingerprint density at radius 2 is 0.610 bits per heavy atom. The van der Waals surface area contributed by atoms with Crippen LogP contribution in [0.2, 0.25) is 0 Å². The van der Waals surface area contributed by atoms with E-state index in [2.05, 4.69) is 228 Å². The molecule has 0 atom stereocenters. The summed E-state index contributed by atoms with van der Waals surface area (Å²) in [4.78, 5) is 9.95. The van der Waals surface area contributed by atoms with E-state index in [1.54, 1.807) is 0 Å². The van der Waals surface area contributed by atoms with E-state index in [9.17, 15) is 0 Å². The van der Waals surface area contributed by atoms with Crippen LogP contribution in [0, 0.1) is 0 Å². The van der Waals surface area contributed by atoms with Gasteiger partial charge in [-0.2, -0.15) is 0 Å². The highest BCUT2D eigenvalue weighted by Crippen LogP contribution is 2.40. The molecule has 4 heteroatoms. The van der Waals surface area contributed by atoms with Gasteiger partial charge in [0.15, 0.2) is 0 Å². The Morgan fingerprint density at radius 1 is 0.305 bits per heavy atom. The van der Waals surface area contributed by atoms with Crippen LogP contribution in [0.3, 0.4) is 0 Å². The second kappa shape index (κ2) is 16.0. The Bertz CT molecular complexity index is 2680. The first kappa shape index (κ1) is 35.6. The maximum atomic E-state index is 4.98. The molecule has 0 amide bonds. The van der Waals surface area contributed by atoms with Crippen molar-refractivity contribution in [1.29, 1.82) is 0 Å². The van der Waals surface area contributed by atoms with Crippen molar-refractivity contribution < 1.29 is 0 Å². The first-order chi connectivity index (χ1) is 29.3. The van der Waals surface area contributed by atoms with Gasteiger partial charge in [-0.3, -0.25) is 9.13 Å². The SMILES string of the molecule is c1ccc(-c2cccc(-c3ccccc3)c2-n2ccnc2-c2cccc(Cc3cccc(-c4nccn4-c4c(-c5ccccc5)cccc4-c4ccccc4)c3)c2)cc1. The molecule has 0 saturated heterocycles. The number of para-hydroxylation sites is 2. The minimum Gasteiger partial charge on any atom is -0.299 e. The van der Waals surface area contributed by atoms with Crippen molar-refractivity contribution in [2.24, 2.45) is 0 Å². The van der Waals surface area contributed by atoms with Crippen LogP contribution in [-0.4, -0.2) is 19.1 Å². The number of benzene rings is 8. The lowest BCUT2D eigenvalue weighted by Gasteiger charge is -2.19. The molecule has 280 valence electrons. The van der Waals surface area contributed by atoms with Gasteiger partial charge in [0.1, 0.15) is 11.6 Å². The van der Waals surface area contributed by atoms with Crippen molar-refractivity contribution in [3.8, 4) is 78.7 Å². The summed E-state index contributed by atoms with van der Waals surface area (Å²) in [5, 5.41) is 0. The molecule has 0 aliphatic rings. The minimum absolute atomic E-state index is 0.759. The average Bonchev–Trinajstić information content (AvgIpc) is 4.01. The largest absolute Gasteiger partial charge is 0.299 e. The summed E-state index contributed by atoms with van der Waals surface area (Å²) < 4.78 is 4.50. The smallest absolute Gasteiger partial charge is 0.144 e. The molecule has 59 heavy (non-hydrogen) atoms. The summed E-state index contributed by atoms with van der Waals surface area (Å²) in [6.45, 7) is 0. The number of aromatic nitrogens is 4.